The fourth-order valence-electron chi connectivity index (χ4n) is 2.04. The van der Waals surface area contributed by atoms with Crippen molar-refractivity contribution >= 4 is 11.3 Å². The average molecular weight is 207 g/mol. The second-order valence-electron chi connectivity index (χ2n) is 3.88. The van der Waals surface area contributed by atoms with E-state index in [4.69, 9.17) is 10.5 Å². The number of nitrogens with zero attached hydrogens (tertiary/aromatic N) is 2. The summed E-state index contributed by atoms with van der Waals surface area (Å²) in [6.45, 7) is 4.27. The van der Waals surface area contributed by atoms with Gasteiger partial charge in [-0.25, -0.2) is 0 Å². The summed E-state index contributed by atoms with van der Waals surface area (Å²) in [5.74, 6) is 0.540. The molecule has 2 N–H and O–H groups in total. The number of ether oxygens (including phenoxy) is 1. The van der Waals surface area contributed by atoms with Crippen LogP contribution in [0.4, 0.5) is 5.69 Å². The summed E-state index contributed by atoms with van der Waals surface area (Å²) in [4.78, 5) is 0. The van der Waals surface area contributed by atoms with Crippen molar-refractivity contribution in [3.63, 3.8) is 0 Å². The number of hydrogen-bond acceptors (Lipinski definition) is 3. The highest BCUT2D eigenvalue weighted by Crippen LogP contribution is 2.37. The molecule has 1 atom stereocenters. The molecule has 2 heterocycles. The molecular weight excluding hydrogens is 190 g/mol. The van der Waals surface area contributed by atoms with Crippen LogP contribution in [0.1, 0.15) is 38.4 Å². The van der Waals surface area contributed by atoms with Gasteiger partial charge in [0, 0.05) is 0 Å². The predicted octanol–water partition coefficient (Wildman–Crippen LogP) is 2.23. The van der Waals surface area contributed by atoms with E-state index >= 15 is 0 Å². The van der Waals surface area contributed by atoms with Gasteiger partial charge in [0.1, 0.15) is 5.69 Å². The first-order valence-electron chi connectivity index (χ1n) is 5.30. The van der Waals surface area contributed by atoms with Gasteiger partial charge in [0.2, 0.25) is 0 Å². The minimum absolute atomic E-state index is 0.362. The average Bonchev–Trinajstić information content (AvgIpc) is 2.58. The zero-order valence-electron chi connectivity index (χ0n) is 9.45. The smallest absolute Gasteiger partial charge is 0.256 e. The third kappa shape index (κ3) is 1.40. The summed E-state index contributed by atoms with van der Waals surface area (Å²) >= 11 is 0. The van der Waals surface area contributed by atoms with Crippen LogP contribution >= 0.6 is 0 Å². The van der Waals surface area contributed by atoms with Crippen LogP contribution in [0.25, 0.3) is 5.57 Å². The van der Waals surface area contributed by atoms with Crippen LogP contribution in [0.3, 0.4) is 0 Å². The van der Waals surface area contributed by atoms with Crippen LogP contribution < -0.4 is 10.5 Å². The highest BCUT2D eigenvalue weighted by Gasteiger charge is 2.24. The van der Waals surface area contributed by atoms with Crippen molar-refractivity contribution in [2.45, 2.75) is 32.7 Å². The Hall–Kier alpha value is -1.45. The second kappa shape index (κ2) is 3.61. The highest BCUT2D eigenvalue weighted by atomic mass is 16.5. The Balaban J connectivity index is 2.58. The van der Waals surface area contributed by atoms with E-state index in [1.165, 1.54) is 5.57 Å². The molecule has 4 heteroatoms. The molecule has 0 saturated carbocycles. The number of rotatable bonds is 2. The number of aromatic nitrogens is 2. The third-order valence-corrected chi connectivity index (χ3v) is 2.91. The van der Waals surface area contributed by atoms with Gasteiger partial charge in [0.25, 0.3) is 5.88 Å². The van der Waals surface area contributed by atoms with Crippen molar-refractivity contribution in [2.24, 2.45) is 0 Å². The molecule has 82 valence electrons. The lowest BCUT2D eigenvalue weighted by atomic mass is 10.0. The van der Waals surface area contributed by atoms with E-state index in [1.54, 1.807) is 7.11 Å². The number of fused-ring (bicyclic) bond motifs is 1. The Kier molecular flexibility index (Phi) is 2.42. The number of anilines is 1. The van der Waals surface area contributed by atoms with Gasteiger partial charge < -0.3 is 10.5 Å². The molecule has 1 aliphatic heterocycles. The van der Waals surface area contributed by atoms with Crippen LogP contribution in [-0.2, 0) is 0 Å². The lowest BCUT2D eigenvalue weighted by Gasteiger charge is -2.20. The van der Waals surface area contributed by atoms with E-state index in [0.29, 0.717) is 17.6 Å². The van der Waals surface area contributed by atoms with Gasteiger partial charge in [-0.2, -0.15) is 0 Å². The zero-order chi connectivity index (χ0) is 11.0. The van der Waals surface area contributed by atoms with Crippen molar-refractivity contribution in [1.82, 2.24) is 9.78 Å². The summed E-state index contributed by atoms with van der Waals surface area (Å²) in [6.07, 6.45) is 4.24. The molecule has 0 aliphatic carbocycles. The second-order valence-corrected chi connectivity index (χ2v) is 3.88. The normalized spacial score (nSPS) is 19.7. The minimum atomic E-state index is 0.362. The van der Waals surface area contributed by atoms with Crippen LogP contribution in [0.5, 0.6) is 5.88 Å². The van der Waals surface area contributed by atoms with E-state index < -0.39 is 0 Å². The summed E-state index contributed by atoms with van der Waals surface area (Å²) in [5.41, 5.74) is 8.98. The molecule has 0 amide bonds. The van der Waals surface area contributed by atoms with Crippen molar-refractivity contribution in [2.75, 3.05) is 12.8 Å². The molecule has 0 bridgehead atoms. The molecular formula is C11H17N3O. The lowest BCUT2D eigenvalue weighted by molar-refractivity contribution is 0.379. The van der Waals surface area contributed by atoms with Gasteiger partial charge in [-0.15, -0.1) is 5.10 Å². The first kappa shape index (κ1) is 10.1. The SMILES string of the molecule is CCC1=CCC(C)n2nc(OC)c(N)c21. The van der Waals surface area contributed by atoms with Crippen molar-refractivity contribution < 1.29 is 4.74 Å². The molecule has 0 aromatic carbocycles. The van der Waals surface area contributed by atoms with Gasteiger partial charge in [0.15, 0.2) is 0 Å². The molecule has 15 heavy (non-hydrogen) atoms. The Bertz CT molecular complexity index is 406. The van der Waals surface area contributed by atoms with Crippen LogP contribution in [-0.4, -0.2) is 16.9 Å². The van der Waals surface area contributed by atoms with E-state index in [0.717, 1.165) is 18.5 Å². The maximum absolute atomic E-state index is 6.01. The minimum Gasteiger partial charge on any atom is -0.478 e. The zero-order valence-corrected chi connectivity index (χ0v) is 9.45. The number of allylic oxidation sites excluding steroid dienone is 2. The first-order valence-corrected chi connectivity index (χ1v) is 5.30. The van der Waals surface area contributed by atoms with Gasteiger partial charge in [0.05, 0.1) is 18.8 Å². The molecule has 0 fully saturated rings. The van der Waals surface area contributed by atoms with Crippen LogP contribution in [0.2, 0.25) is 0 Å². The Labute approximate surface area is 89.7 Å². The molecule has 4 nitrogen and oxygen atoms in total. The largest absolute Gasteiger partial charge is 0.478 e. The van der Waals surface area contributed by atoms with Crippen LogP contribution in [0, 0.1) is 0 Å². The summed E-state index contributed by atoms with van der Waals surface area (Å²) in [6, 6.07) is 0.362. The fraction of sp³-hybridized carbons (Fsp3) is 0.545. The number of methoxy groups -OCH3 is 1. The van der Waals surface area contributed by atoms with Gasteiger partial charge in [-0.3, -0.25) is 4.68 Å². The van der Waals surface area contributed by atoms with Gasteiger partial charge in [-0.1, -0.05) is 13.0 Å². The Morgan fingerprint density at radius 1 is 1.67 bits per heavy atom. The van der Waals surface area contributed by atoms with E-state index in [-0.39, 0.29) is 0 Å². The molecule has 2 rings (SSSR count). The van der Waals surface area contributed by atoms with Crippen molar-refractivity contribution in [1.29, 1.82) is 0 Å². The topological polar surface area (TPSA) is 53.1 Å². The third-order valence-electron chi connectivity index (χ3n) is 2.91. The van der Waals surface area contributed by atoms with Gasteiger partial charge in [-0.05, 0) is 25.3 Å². The molecule has 0 saturated heterocycles. The summed E-state index contributed by atoms with van der Waals surface area (Å²) < 4.78 is 7.13. The highest BCUT2D eigenvalue weighted by molar-refractivity contribution is 5.76. The quantitative estimate of drug-likeness (QED) is 0.809. The number of hydrogen-bond donors (Lipinski definition) is 1. The van der Waals surface area contributed by atoms with E-state index in [2.05, 4.69) is 25.0 Å². The Morgan fingerprint density at radius 2 is 2.40 bits per heavy atom. The van der Waals surface area contributed by atoms with Crippen molar-refractivity contribution in [3.8, 4) is 5.88 Å². The molecule has 1 aromatic rings. The molecule has 1 unspecified atom stereocenters. The number of nitrogens with two attached hydrogens (primary N) is 1. The predicted molar refractivity (Wildman–Crippen MR) is 60.8 cm³/mol. The van der Waals surface area contributed by atoms with E-state index in [1.807, 2.05) is 4.68 Å². The summed E-state index contributed by atoms with van der Waals surface area (Å²) in [7, 11) is 1.60. The molecule has 1 aliphatic rings. The van der Waals surface area contributed by atoms with Crippen molar-refractivity contribution in [3.05, 3.63) is 11.8 Å². The number of nitrogen functional groups attached to an aromatic ring is 1. The standard InChI is InChI=1S/C11H17N3O/c1-4-8-6-5-7(2)14-10(8)9(12)11(13-14)15-3/h6-7H,4-5,12H2,1-3H3. The maximum Gasteiger partial charge on any atom is 0.256 e. The first-order chi connectivity index (χ1) is 7.19. The lowest BCUT2D eigenvalue weighted by Crippen LogP contribution is -2.14. The van der Waals surface area contributed by atoms with E-state index in [9.17, 15) is 0 Å². The molecule has 0 spiro atoms. The fourth-order valence-corrected chi connectivity index (χ4v) is 2.04. The maximum atomic E-state index is 6.01. The molecule has 1 aromatic heterocycles. The van der Waals surface area contributed by atoms with Gasteiger partial charge >= 0.3 is 0 Å². The molecule has 0 radical (unpaired) electrons. The summed E-state index contributed by atoms with van der Waals surface area (Å²) in [5, 5.41) is 4.38. The Morgan fingerprint density at radius 3 is 3.00 bits per heavy atom. The monoisotopic (exact) mass is 207 g/mol. The van der Waals surface area contributed by atoms with Crippen LogP contribution in [0.15, 0.2) is 6.08 Å².